The Hall–Kier alpha value is -1.68. The molecule has 1 aromatic carbocycles. The van der Waals surface area contributed by atoms with Gasteiger partial charge in [0.25, 0.3) is 0 Å². The summed E-state index contributed by atoms with van der Waals surface area (Å²) >= 11 is 0. The number of nitrogens with zero attached hydrogens (tertiary/aromatic N) is 1. The molecular formula is C15H15NO3. The maximum Gasteiger partial charge on any atom is 0.240 e. The van der Waals surface area contributed by atoms with Crippen LogP contribution in [0.5, 0.6) is 0 Å². The fourth-order valence-electron chi connectivity index (χ4n) is 3.66. The third-order valence-corrected chi connectivity index (χ3v) is 4.58. The van der Waals surface area contributed by atoms with Crippen molar-refractivity contribution in [2.24, 2.45) is 11.8 Å². The number of hydrogen-bond acceptors (Lipinski definition) is 3. The van der Waals surface area contributed by atoms with Gasteiger partial charge in [-0.15, -0.1) is 0 Å². The van der Waals surface area contributed by atoms with Crippen LogP contribution >= 0.6 is 0 Å². The van der Waals surface area contributed by atoms with Crippen LogP contribution in [0.15, 0.2) is 24.3 Å². The molecule has 2 amide bonds. The van der Waals surface area contributed by atoms with Crippen molar-refractivity contribution in [2.75, 3.05) is 4.90 Å². The molecule has 4 rings (SSSR count). The van der Waals surface area contributed by atoms with Crippen molar-refractivity contribution in [3.05, 3.63) is 29.8 Å². The molecule has 0 saturated carbocycles. The standard InChI is InChI=1S/C15H15NO3/c1-8-2-4-9(5-3-8)16-14(17)12-10-6-7-11(19-10)13(12)15(16)18/h2-5,10-13H,6-7H2,1H3/t10-,11-,12+,13+/m1/s1. The minimum atomic E-state index is -0.243. The van der Waals surface area contributed by atoms with E-state index >= 15 is 0 Å². The van der Waals surface area contributed by atoms with Crippen molar-refractivity contribution in [3.63, 3.8) is 0 Å². The fourth-order valence-corrected chi connectivity index (χ4v) is 3.66. The lowest BCUT2D eigenvalue weighted by Crippen LogP contribution is -2.34. The molecule has 1 aromatic rings. The van der Waals surface area contributed by atoms with E-state index in [1.54, 1.807) is 0 Å². The van der Waals surface area contributed by atoms with Gasteiger partial charge in [-0.3, -0.25) is 9.59 Å². The van der Waals surface area contributed by atoms with Crippen LogP contribution in [0.25, 0.3) is 0 Å². The topological polar surface area (TPSA) is 46.6 Å². The molecule has 4 heteroatoms. The summed E-state index contributed by atoms with van der Waals surface area (Å²) in [4.78, 5) is 26.4. The first kappa shape index (κ1) is 11.2. The van der Waals surface area contributed by atoms with Crippen molar-refractivity contribution < 1.29 is 14.3 Å². The van der Waals surface area contributed by atoms with Crippen LogP contribution in [0.1, 0.15) is 18.4 Å². The molecule has 0 unspecified atom stereocenters. The highest BCUT2D eigenvalue weighted by atomic mass is 16.5. The number of imide groups is 1. The molecule has 4 nitrogen and oxygen atoms in total. The van der Waals surface area contributed by atoms with Gasteiger partial charge in [-0.1, -0.05) is 17.7 Å². The zero-order valence-electron chi connectivity index (χ0n) is 10.7. The third-order valence-electron chi connectivity index (χ3n) is 4.58. The first-order chi connectivity index (χ1) is 9.16. The number of ether oxygens (including phenoxy) is 1. The molecule has 19 heavy (non-hydrogen) atoms. The largest absolute Gasteiger partial charge is 0.373 e. The van der Waals surface area contributed by atoms with E-state index in [0.29, 0.717) is 5.69 Å². The second-order valence-corrected chi connectivity index (χ2v) is 5.69. The predicted octanol–water partition coefficient (Wildman–Crippen LogP) is 1.66. The van der Waals surface area contributed by atoms with E-state index in [2.05, 4.69) is 0 Å². The lowest BCUT2D eigenvalue weighted by molar-refractivity contribution is -0.124. The number of anilines is 1. The lowest BCUT2D eigenvalue weighted by Gasteiger charge is -2.17. The van der Waals surface area contributed by atoms with Crippen LogP contribution in [0.2, 0.25) is 0 Å². The summed E-state index contributed by atoms with van der Waals surface area (Å²) in [5, 5.41) is 0. The van der Waals surface area contributed by atoms with Crippen LogP contribution < -0.4 is 4.90 Å². The van der Waals surface area contributed by atoms with Gasteiger partial charge in [-0.05, 0) is 31.9 Å². The van der Waals surface area contributed by atoms with E-state index in [-0.39, 0.29) is 35.9 Å². The molecule has 3 aliphatic heterocycles. The van der Waals surface area contributed by atoms with E-state index in [4.69, 9.17) is 4.74 Å². The van der Waals surface area contributed by atoms with Gasteiger partial charge >= 0.3 is 0 Å². The van der Waals surface area contributed by atoms with Gasteiger partial charge < -0.3 is 4.74 Å². The average Bonchev–Trinajstić information content (AvgIpc) is 3.06. The molecule has 4 atom stereocenters. The van der Waals surface area contributed by atoms with Crippen LogP contribution in [0.3, 0.4) is 0 Å². The predicted molar refractivity (Wildman–Crippen MR) is 68.5 cm³/mol. The monoisotopic (exact) mass is 257 g/mol. The number of fused-ring (bicyclic) bond motifs is 5. The second-order valence-electron chi connectivity index (χ2n) is 5.69. The Bertz CT molecular complexity index is 537. The van der Waals surface area contributed by atoms with Gasteiger partial charge in [-0.25, -0.2) is 4.90 Å². The van der Waals surface area contributed by atoms with E-state index in [0.717, 1.165) is 18.4 Å². The summed E-state index contributed by atoms with van der Waals surface area (Å²) in [6.07, 6.45) is 1.74. The molecule has 3 saturated heterocycles. The number of rotatable bonds is 1. The first-order valence-electron chi connectivity index (χ1n) is 6.77. The smallest absolute Gasteiger partial charge is 0.240 e. The second kappa shape index (κ2) is 3.67. The maximum absolute atomic E-state index is 12.5. The number of benzene rings is 1. The number of aryl methyl sites for hydroxylation is 1. The summed E-state index contributed by atoms with van der Waals surface area (Å²) in [7, 11) is 0. The highest BCUT2D eigenvalue weighted by molar-refractivity contribution is 6.22. The van der Waals surface area contributed by atoms with Gasteiger partial charge in [0.15, 0.2) is 0 Å². The normalized spacial score (nSPS) is 36.2. The summed E-state index contributed by atoms with van der Waals surface area (Å²) in [6, 6.07) is 7.54. The van der Waals surface area contributed by atoms with E-state index in [9.17, 15) is 9.59 Å². The molecule has 2 bridgehead atoms. The molecule has 3 heterocycles. The van der Waals surface area contributed by atoms with Crippen LogP contribution in [-0.2, 0) is 14.3 Å². The average molecular weight is 257 g/mol. The molecule has 0 spiro atoms. The number of amides is 2. The number of hydrogen-bond donors (Lipinski definition) is 0. The van der Waals surface area contributed by atoms with Crippen LogP contribution in [-0.4, -0.2) is 24.0 Å². The highest BCUT2D eigenvalue weighted by Gasteiger charge is 2.62. The third kappa shape index (κ3) is 1.38. The zero-order chi connectivity index (χ0) is 13.1. The van der Waals surface area contributed by atoms with Crippen molar-refractivity contribution in [1.29, 1.82) is 0 Å². The summed E-state index contributed by atoms with van der Waals surface area (Å²) in [5.74, 6) is -0.641. The first-order valence-corrected chi connectivity index (χ1v) is 6.77. The Labute approximate surface area is 111 Å². The molecule has 0 N–H and O–H groups in total. The Morgan fingerprint density at radius 3 is 2.05 bits per heavy atom. The summed E-state index contributed by atoms with van der Waals surface area (Å²) in [6.45, 7) is 1.99. The number of carbonyl (C=O) groups excluding carboxylic acids is 2. The van der Waals surface area contributed by atoms with Crippen molar-refractivity contribution in [3.8, 4) is 0 Å². The highest BCUT2D eigenvalue weighted by Crippen LogP contribution is 2.49. The molecule has 0 aromatic heterocycles. The molecule has 3 aliphatic rings. The molecular weight excluding hydrogens is 242 g/mol. The van der Waals surface area contributed by atoms with Crippen molar-refractivity contribution in [1.82, 2.24) is 0 Å². The van der Waals surface area contributed by atoms with Gasteiger partial charge in [-0.2, -0.15) is 0 Å². The van der Waals surface area contributed by atoms with Crippen LogP contribution in [0, 0.1) is 18.8 Å². The SMILES string of the molecule is Cc1ccc(N2C(=O)[C@@H]3[C@@H](C2=O)[C@H]2CC[C@H]3O2)cc1. The Balaban J connectivity index is 1.73. The van der Waals surface area contributed by atoms with Crippen LogP contribution in [0.4, 0.5) is 5.69 Å². The van der Waals surface area contributed by atoms with Gasteiger partial charge in [0.1, 0.15) is 0 Å². The molecule has 0 aliphatic carbocycles. The fraction of sp³-hybridized carbons (Fsp3) is 0.467. The maximum atomic E-state index is 12.5. The van der Waals surface area contributed by atoms with E-state index in [1.807, 2.05) is 31.2 Å². The Kier molecular flexibility index (Phi) is 2.16. The van der Waals surface area contributed by atoms with E-state index in [1.165, 1.54) is 4.90 Å². The van der Waals surface area contributed by atoms with Gasteiger partial charge in [0.2, 0.25) is 11.8 Å². The Morgan fingerprint density at radius 1 is 1.00 bits per heavy atom. The lowest BCUT2D eigenvalue weighted by atomic mass is 9.81. The molecule has 0 radical (unpaired) electrons. The quantitative estimate of drug-likeness (QED) is 0.719. The van der Waals surface area contributed by atoms with Gasteiger partial charge in [0, 0.05) is 0 Å². The van der Waals surface area contributed by atoms with Crippen molar-refractivity contribution in [2.45, 2.75) is 32.0 Å². The molecule has 98 valence electrons. The minimum Gasteiger partial charge on any atom is -0.373 e. The minimum absolute atomic E-state index is 0.0399. The Morgan fingerprint density at radius 2 is 1.53 bits per heavy atom. The zero-order valence-corrected chi connectivity index (χ0v) is 10.7. The van der Waals surface area contributed by atoms with Crippen molar-refractivity contribution >= 4 is 17.5 Å². The van der Waals surface area contributed by atoms with E-state index < -0.39 is 0 Å². The number of carbonyl (C=O) groups is 2. The summed E-state index contributed by atoms with van der Waals surface area (Å²) < 4.78 is 5.72. The summed E-state index contributed by atoms with van der Waals surface area (Å²) in [5.41, 5.74) is 1.81. The van der Waals surface area contributed by atoms with Gasteiger partial charge in [0.05, 0.1) is 29.7 Å². The molecule has 3 fully saturated rings.